The van der Waals surface area contributed by atoms with Gasteiger partial charge in [-0.1, -0.05) is 41.7 Å². The van der Waals surface area contributed by atoms with E-state index in [1.165, 1.54) is 21.8 Å². The second-order valence-electron chi connectivity index (χ2n) is 3.97. The molecule has 4 nitrogen and oxygen atoms in total. The third kappa shape index (κ3) is 1.60. The first-order valence-electron chi connectivity index (χ1n) is 5.44. The normalized spacial score (nSPS) is 10.9. The van der Waals surface area contributed by atoms with Crippen LogP contribution in [0.4, 0.5) is 0 Å². The molecule has 0 unspecified atom stereocenters. The van der Waals surface area contributed by atoms with E-state index in [9.17, 15) is 9.90 Å². The number of thiazole rings is 1. The topological polar surface area (TPSA) is 54.6 Å². The quantitative estimate of drug-likeness (QED) is 0.729. The highest BCUT2D eigenvalue weighted by Gasteiger charge is 2.15. The van der Waals surface area contributed by atoms with E-state index in [1.807, 2.05) is 30.3 Å². The van der Waals surface area contributed by atoms with Gasteiger partial charge in [0.05, 0.1) is 4.88 Å². The molecular weight excluding hydrogens is 248 g/mol. The van der Waals surface area contributed by atoms with Crippen molar-refractivity contribution >= 4 is 16.3 Å². The van der Waals surface area contributed by atoms with Crippen LogP contribution in [-0.2, 0) is 0 Å². The van der Waals surface area contributed by atoms with E-state index in [-0.39, 0.29) is 11.4 Å². The van der Waals surface area contributed by atoms with E-state index < -0.39 is 0 Å². The molecule has 0 saturated heterocycles. The van der Waals surface area contributed by atoms with Gasteiger partial charge in [-0.3, -0.25) is 4.79 Å². The van der Waals surface area contributed by atoms with E-state index in [4.69, 9.17) is 0 Å². The zero-order valence-corrected chi connectivity index (χ0v) is 10.4. The molecule has 0 amide bonds. The summed E-state index contributed by atoms with van der Waals surface area (Å²) in [5.74, 6) is -0.0429. The Morgan fingerprint density at radius 2 is 2.00 bits per heavy atom. The number of rotatable bonds is 1. The van der Waals surface area contributed by atoms with E-state index in [0.29, 0.717) is 15.5 Å². The van der Waals surface area contributed by atoms with Gasteiger partial charge in [0.25, 0.3) is 5.56 Å². The predicted molar refractivity (Wildman–Crippen MR) is 71.2 cm³/mol. The maximum absolute atomic E-state index is 11.8. The van der Waals surface area contributed by atoms with Crippen molar-refractivity contribution in [2.75, 3.05) is 0 Å². The highest BCUT2D eigenvalue weighted by atomic mass is 32.1. The van der Waals surface area contributed by atoms with E-state index in [0.717, 1.165) is 5.56 Å². The van der Waals surface area contributed by atoms with Gasteiger partial charge < -0.3 is 5.11 Å². The fourth-order valence-corrected chi connectivity index (χ4v) is 2.93. The van der Waals surface area contributed by atoms with Crippen molar-refractivity contribution in [2.45, 2.75) is 6.92 Å². The minimum Gasteiger partial charge on any atom is -0.493 e. The standard InChI is InChI=1S/C13H10N2O2S/c1-8-7-10(16)15-12(17)11(18-13(15)14-8)9-5-3-2-4-6-9/h2-7,17H,1H3. The molecule has 0 bridgehead atoms. The van der Waals surface area contributed by atoms with Crippen LogP contribution < -0.4 is 5.56 Å². The van der Waals surface area contributed by atoms with Gasteiger partial charge in [0.1, 0.15) is 0 Å². The Morgan fingerprint density at radius 3 is 2.72 bits per heavy atom. The van der Waals surface area contributed by atoms with Crippen LogP contribution in [0.1, 0.15) is 5.69 Å². The first kappa shape index (κ1) is 11.0. The summed E-state index contributed by atoms with van der Waals surface area (Å²) in [6.45, 7) is 1.76. The number of hydrogen-bond donors (Lipinski definition) is 1. The van der Waals surface area contributed by atoms with Crippen LogP contribution in [0.15, 0.2) is 41.2 Å². The van der Waals surface area contributed by atoms with Gasteiger partial charge in [-0.05, 0) is 12.5 Å². The highest BCUT2D eigenvalue weighted by Crippen LogP contribution is 2.35. The van der Waals surface area contributed by atoms with E-state index >= 15 is 0 Å². The Hall–Kier alpha value is -2.14. The maximum Gasteiger partial charge on any atom is 0.261 e. The maximum atomic E-state index is 11.8. The summed E-state index contributed by atoms with van der Waals surface area (Å²) >= 11 is 1.31. The predicted octanol–water partition coefficient (Wildman–Crippen LogP) is 2.44. The van der Waals surface area contributed by atoms with Crippen LogP contribution >= 0.6 is 11.3 Å². The van der Waals surface area contributed by atoms with E-state index in [2.05, 4.69) is 4.98 Å². The minimum absolute atomic E-state index is 0.0429. The Balaban J connectivity index is 2.37. The van der Waals surface area contributed by atoms with Crippen molar-refractivity contribution in [3.05, 3.63) is 52.4 Å². The van der Waals surface area contributed by atoms with Crippen molar-refractivity contribution in [1.29, 1.82) is 0 Å². The molecule has 0 saturated carbocycles. The average Bonchev–Trinajstić information content (AvgIpc) is 2.67. The first-order chi connectivity index (χ1) is 8.66. The Morgan fingerprint density at radius 1 is 1.28 bits per heavy atom. The fraction of sp³-hybridized carbons (Fsp3) is 0.0769. The fourth-order valence-electron chi connectivity index (χ4n) is 1.85. The molecule has 1 aromatic carbocycles. The lowest BCUT2D eigenvalue weighted by Crippen LogP contribution is -2.12. The summed E-state index contributed by atoms with van der Waals surface area (Å²) in [6.07, 6.45) is 0. The monoisotopic (exact) mass is 258 g/mol. The molecule has 0 fully saturated rings. The molecule has 1 N–H and O–H groups in total. The number of fused-ring (bicyclic) bond motifs is 1. The summed E-state index contributed by atoms with van der Waals surface area (Å²) in [7, 11) is 0. The van der Waals surface area contributed by atoms with Gasteiger partial charge in [-0.15, -0.1) is 0 Å². The van der Waals surface area contributed by atoms with Crippen LogP contribution in [0.25, 0.3) is 15.4 Å². The molecule has 18 heavy (non-hydrogen) atoms. The lowest BCUT2D eigenvalue weighted by Gasteiger charge is -1.97. The Bertz CT molecular complexity index is 775. The molecular formula is C13H10N2O2S. The molecule has 0 aliphatic carbocycles. The number of aryl methyl sites for hydroxylation is 1. The van der Waals surface area contributed by atoms with Crippen LogP contribution in [-0.4, -0.2) is 14.5 Å². The van der Waals surface area contributed by atoms with Crippen molar-refractivity contribution in [2.24, 2.45) is 0 Å². The molecule has 0 aliphatic heterocycles. The SMILES string of the molecule is Cc1cc(=O)n2c(O)c(-c3ccccc3)sc2n1. The summed E-state index contributed by atoms with van der Waals surface area (Å²) in [4.78, 5) is 17.3. The summed E-state index contributed by atoms with van der Waals surface area (Å²) in [6, 6.07) is 10.9. The molecule has 2 aromatic heterocycles. The molecule has 0 atom stereocenters. The molecule has 5 heteroatoms. The molecule has 2 heterocycles. The second-order valence-corrected chi connectivity index (χ2v) is 4.95. The van der Waals surface area contributed by atoms with Crippen molar-refractivity contribution in [1.82, 2.24) is 9.38 Å². The van der Waals surface area contributed by atoms with E-state index in [1.54, 1.807) is 6.92 Å². The highest BCUT2D eigenvalue weighted by molar-refractivity contribution is 7.20. The minimum atomic E-state index is -0.256. The molecule has 3 rings (SSSR count). The van der Waals surface area contributed by atoms with Gasteiger partial charge in [0.15, 0.2) is 4.96 Å². The summed E-state index contributed by atoms with van der Waals surface area (Å²) in [5, 5.41) is 10.1. The largest absolute Gasteiger partial charge is 0.493 e. The second kappa shape index (κ2) is 3.96. The number of aromatic nitrogens is 2. The van der Waals surface area contributed by atoms with Gasteiger partial charge in [0.2, 0.25) is 5.88 Å². The smallest absolute Gasteiger partial charge is 0.261 e. The zero-order valence-electron chi connectivity index (χ0n) is 9.62. The van der Waals surface area contributed by atoms with Gasteiger partial charge in [0, 0.05) is 11.8 Å². The van der Waals surface area contributed by atoms with Crippen LogP contribution in [0.5, 0.6) is 5.88 Å². The number of benzene rings is 1. The zero-order chi connectivity index (χ0) is 12.7. The lowest BCUT2D eigenvalue weighted by molar-refractivity contribution is 0.448. The van der Waals surface area contributed by atoms with Crippen LogP contribution in [0.3, 0.4) is 0 Å². The van der Waals surface area contributed by atoms with Crippen molar-refractivity contribution in [3.8, 4) is 16.3 Å². The van der Waals surface area contributed by atoms with Gasteiger partial charge in [-0.25, -0.2) is 9.38 Å². The van der Waals surface area contributed by atoms with Crippen LogP contribution in [0, 0.1) is 6.92 Å². The number of nitrogens with zero attached hydrogens (tertiary/aromatic N) is 2. The third-order valence-electron chi connectivity index (χ3n) is 2.66. The summed E-state index contributed by atoms with van der Waals surface area (Å²) in [5.41, 5.74) is 1.27. The molecule has 0 spiro atoms. The molecule has 0 radical (unpaired) electrons. The Kier molecular flexibility index (Phi) is 2.41. The molecule has 90 valence electrons. The number of hydrogen-bond acceptors (Lipinski definition) is 4. The average molecular weight is 258 g/mol. The van der Waals surface area contributed by atoms with Gasteiger partial charge >= 0.3 is 0 Å². The van der Waals surface area contributed by atoms with Crippen molar-refractivity contribution < 1.29 is 5.11 Å². The van der Waals surface area contributed by atoms with Gasteiger partial charge in [-0.2, -0.15) is 0 Å². The molecule has 3 aromatic rings. The lowest BCUT2D eigenvalue weighted by atomic mass is 10.2. The van der Waals surface area contributed by atoms with Crippen molar-refractivity contribution in [3.63, 3.8) is 0 Å². The number of aromatic hydroxyl groups is 1. The summed E-state index contributed by atoms with van der Waals surface area (Å²) < 4.78 is 1.24. The Labute approximate surface area is 107 Å². The van der Waals surface area contributed by atoms with Crippen LogP contribution in [0.2, 0.25) is 0 Å². The first-order valence-corrected chi connectivity index (χ1v) is 6.26. The third-order valence-corrected chi connectivity index (χ3v) is 3.74. The molecule has 0 aliphatic rings.